The predicted octanol–water partition coefficient (Wildman–Crippen LogP) is 2.41. The average Bonchev–Trinajstić information content (AvgIpc) is 2.76. The van der Waals surface area contributed by atoms with Crippen molar-refractivity contribution in [1.29, 1.82) is 0 Å². The van der Waals surface area contributed by atoms with Crippen LogP contribution in [0.15, 0.2) is 16.3 Å². The van der Waals surface area contributed by atoms with E-state index in [0.29, 0.717) is 15.6 Å². The molecule has 10 heteroatoms. The Bertz CT molecular complexity index is 580. The van der Waals surface area contributed by atoms with E-state index in [0.717, 1.165) is 12.1 Å². The van der Waals surface area contributed by atoms with Crippen LogP contribution in [0.4, 0.5) is 13.2 Å². The fourth-order valence-corrected chi connectivity index (χ4v) is 4.25. The number of hydrogen-bond acceptors (Lipinski definition) is 4. The Labute approximate surface area is 117 Å². The molecule has 0 amide bonds. The van der Waals surface area contributed by atoms with Crippen LogP contribution in [0.3, 0.4) is 0 Å². The highest BCUT2D eigenvalue weighted by atomic mass is 32.2. The van der Waals surface area contributed by atoms with Crippen molar-refractivity contribution in [3.05, 3.63) is 17.0 Å². The van der Waals surface area contributed by atoms with Crippen LogP contribution in [0, 0.1) is 0 Å². The normalized spacial score (nSPS) is 12.8. The molecule has 0 aliphatic rings. The van der Waals surface area contributed by atoms with Gasteiger partial charge in [-0.1, -0.05) is 6.92 Å². The topological polar surface area (TPSA) is 74.7 Å². The van der Waals surface area contributed by atoms with Gasteiger partial charge in [0.05, 0.1) is 0 Å². The first kappa shape index (κ1) is 16.9. The summed E-state index contributed by atoms with van der Waals surface area (Å²) in [7, 11) is -4.34. The summed E-state index contributed by atoms with van der Waals surface area (Å²) < 4.78 is 61.3. The number of nitrogens with zero attached hydrogens (tertiary/aromatic N) is 1. The Morgan fingerprint density at radius 2 is 2.00 bits per heavy atom. The summed E-state index contributed by atoms with van der Waals surface area (Å²) in [5, 5.41) is 8.71. The van der Waals surface area contributed by atoms with Gasteiger partial charge in [-0.05, 0) is 18.6 Å². The minimum Gasteiger partial charge on any atom is -0.477 e. The molecule has 0 radical (unpaired) electrons. The fraction of sp³-hybridized carbons (Fsp3) is 0.500. The van der Waals surface area contributed by atoms with Crippen molar-refractivity contribution in [3.8, 4) is 0 Å². The highest BCUT2D eigenvalue weighted by Gasteiger charge is 2.37. The number of alkyl halides is 3. The monoisotopic (exact) mass is 331 g/mol. The largest absolute Gasteiger partial charge is 0.477 e. The first-order valence-corrected chi connectivity index (χ1v) is 7.73. The molecule has 0 saturated carbocycles. The number of carbonyl (C=O) groups is 1. The Hall–Kier alpha value is -1.13. The molecule has 0 aromatic carbocycles. The smallest absolute Gasteiger partial charge is 0.402 e. The van der Waals surface area contributed by atoms with Gasteiger partial charge in [-0.2, -0.15) is 17.5 Å². The van der Waals surface area contributed by atoms with Crippen molar-refractivity contribution in [1.82, 2.24) is 4.31 Å². The van der Waals surface area contributed by atoms with E-state index < -0.39 is 32.9 Å². The van der Waals surface area contributed by atoms with Crippen LogP contribution >= 0.6 is 11.3 Å². The van der Waals surface area contributed by atoms with E-state index in [1.807, 2.05) is 0 Å². The molecule has 1 aromatic rings. The molecule has 20 heavy (non-hydrogen) atoms. The Morgan fingerprint density at radius 3 is 2.40 bits per heavy atom. The van der Waals surface area contributed by atoms with Crippen molar-refractivity contribution in [2.24, 2.45) is 0 Å². The van der Waals surface area contributed by atoms with Crippen LogP contribution in [-0.4, -0.2) is 43.1 Å². The molecule has 114 valence electrons. The van der Waals surface area contributed by atoms with Crippen molar-refractivity contribution >= 4 is 27.3 Å². The fourth-order valence-electron chi connectivity index (χ4n) is 1.43. The molecule has 5 nitrogen and oxygen atoms in total. The number of aromatic carboxylic acids is 1. The van der Waals surface area contributed by atoms with Crippen LogP contribution in [-0.2, 0) is 10.0 Å². The minimum absolute atomic E-state index is 0.215. The lowest BCUT2D eigenvalue weighted by Crippen LogP contribution is -2.39. The third-order valence-electron chi connectivity index (χ3n) is 2.21. The van der Waals surface area contributed by atoms with Crippen molar-refractivity contribution in [2.45, 2.75) is 23.7 Å². The van der Waals surface area contributed by atoms with E-state index in [9.17, 15) is 26.4 Å². The molecule has 0 spiro atoms. The summed E-state index contributed by atoms with van der Waals surface area (Å²) in [5.41, 5.74) is 0. The van der Waals surface area contributed by atoms with Crippen LogP contribution < -0.4 is 0 Å². The minimum atomic E-state index is -4.66. The first-order chi connectivity index (χ1) is 9.08. The molecule has 1 rings (SSSR count). The van der Waals surface area contributed by atoms with Gasteiger partial charge < -0.3 is 5.11 Å². The number of rotatable bonds is 6. The third-order valence-corrected chi connectivity index (χ3v) is 5.60. The van der Waals surface area contributed by atoms with Crippen LogP contribution in [0.1, 0.15) is 23.0 Å². The van der Waals surface area contributed by atoms with Crippen molar-refractivity contribution < 1.29 is 31.5 Å². The van der Waals surface area contributed by atoms with E-state index in [1.165, 1.54) is 0 Å². The Kier molecular flexibility index (Phi) is 5.16. The van der Waals surface area contributed by atoms with Gasteiger partial charge in [0.25, 0.3) is 10.0 Å². The van der Waals surface area contributed by atoms with Crippen LogP contribution in [0.2, 0.25) is 0 Å². The van der Waals surface area contributed by atoms with E-state index in [1.54, 1.807) is 6.92 Å². The lowest BCUT2D eigenvalue weighted by atomic mass is 10.5. The van der Waals surface area contributed by atoms with Gasteiger partial charge >= 0.3 is 12.1 Å². The molecule has 0 aliphatic heterocycles. The molecule has 0 unspecified atom stereocenters. The summed E-state index contributed by atoms with van der Waals surface area (Å²) in [5.74, 6) is -1.32. The molecule has 1 heterocycles. The SMILES string of the molecule is CCCN(CC(F)(F)F)S(=O)(=O)c1ccc(C(=O)O)s1. The lowest BCUT2D eigenvalue weighted by molar-refractivity contribution is -0.136. The second kappa shape index (κ2) is 6.10. The van der Waals surface area contributed by atoms with Gasteiger partial charge in [0.15, 0.2) is 0 Å². The molecule has 0 aliphatic carbocycles. The molecule has 0 bridgehead atoms. The van der Waals surface area contributed by atoms with Gasteiger partial charge in [-0.15, -0.1) is 11.3 Å². The molecular weight excluding hydrogens is 319 g/mol. The molecular formula is C10H12F3NO4S2. The second-order valence-electron chi connectivity index (χ2n) is 3.88. The predicted molar refractivity (Wildman–Crippen MR) is 66.4 cm³/mol. The number of carboxylic acids is 1. The zero-order valence-electron chi connectivity index (χ0n) is 10.3. The number of thiophene rings is 1. The molecule has 1 aromatic heterocycles. The van der Waals surface area contributed by atoms with Gasteiger partial charge in [0.2, 0.25) is 0 Å². The van der Waals surface area contributed by atoms with Crippen molar-refractivity contribution in [2.75, 3.05) is 13.1 Å². The summed E-state index contributed by atoms with van der Waals surface area (Å²) in [6.07, 6.45) is -4.44. The maximum atomic E-state index is 12.4. The molecule has 0 saturated heterocycles. The standard InChI is InChI=1S/C10H12F3NO4S2/c1-2-5-14(6-10(11,12)13)20(17,18)8-4-3-7(19-8)9(15)16/h3-4H,2,5-6H2,1H3,(H,15,16). The number of hydrogen-bond donors (Lipinski definition) is 1. The molecule has 0 fully saturated rings. The van der Waals surface area contributed by atoms with Crippen LogP contribution in [0.5, 0.6) is 0 Å². The number of sulfonamides is 1. The summed E-state index contributed by atoms with van der Waals surface area (Å²) in [6, 6.07) is 2.06. The zero-order chi connectivity index (χ0) is 15.6. The lowest BCUT2D eigenvalue weighted by Gasteiger charge is -2.21. The third kappa shape index (κ3) is 4.18. The van der Waals surface area contributed by atoms with Crippen molar-refractivity contribution in [3.63, 3.8) is 0 Å². The first-order valence-electron chi connectivity index (χ1n) is 5.48. The van der Waals surface area contributed by atoms with Gasteiger partial charge in [-0.3, -0.25) is 0 Å². The summed E-state index contributed by atoms with van der Waals surface area (Å²) in [4.78, 5) is 10.4. The second-order valence-corrected chi connectivity index (χ2v) is 7.13. The van der Waals surface area contributed by atoms with E-state index in [-0.39, 0.29) is 17.8 Å². The summed E-state index contributed by atoms with van der Waals surface area (Å²) >= 11 is 0.432. The highest BCUT2D eigenvalue weighted by molar-refractivity contribution is 7.91. The molecule has 0 atom stereocenters. The zero-order valence-corrected chi connectivity index (χ0v) is 12.0. The van der Waals surface area contributed by atoms with Gasteiger partial charge in [-0.25, -0.2) is 13.2 Å². The van der Waals surface area contributed by atoms with E-state index >= 15 is 0 Å². The Balaban J connectivity index is 3.11. The average molecular weight is 331 g/mol. The van der Waals surface area contributed by atoms with E-state index in [2.05, 4.69) is 0 Å². The number of carboxylic acid groups (broad SMARTS) is 1. The Morgan fingerprint density at radius 1 is 1.40 bits per heavy atom. The van der Waals surface area contributed by atoms with E-state index in [4.69, 9.17) is 5.11 Å². The maximum Gasteiger partial charge on any atom is 0.402 e. The molecule has 1 N–H and O–H groups in total. The number of halogens is 3. The summed E-state index contributed by atoms with van der Waals surface area (Å²) in [6.45, 7) is -0.332. The van der Waals surface area contributed by atoms with Crippen LogP contribution in [0.25, 0.3) is 0 Å². The van der Waals surface area contributed by atoms with Gasteiger partial charge in [0, 0.05) is 6.54 Å². The quantitative estimate of drug-likeness (QED) is 0.869. The highest BCUT2D eigenvalue weighted by Crippen LogP contribution is 2.27. The maximum absolute atomic E-state index is 12.4. The van der Waals surface area contributed by atoms with Gasteiger partial charge in [0.1, 0.15) is 15.6 Å².